The average Bonchev–Trinajstić information content (AvgIpc) is 2.53. The Morgan fingerprint density at radius 2 is 1.70 bits per heavy atom. The van der Waals surface area contributed by atoms with Gasteiger partial charge in [-0.25, -0.2) is 5.43 Å². The second-order valence-corrected chi connectivity index (χ2v) is 4.20. The molecule has 0 unspecified atom stereocenters. The average molecular weight is 268 g/mol. The summed E-state index contributed by atoms with van der Waals surface area (Å²) in [5, 5.41) is 4.11. The van der Waals surface area contributed by atoms with Crippen molar-refractivity contribution in [3.8, 4) is 5.75 Å². The van der Waals surface area contributed by atoms with Crippen molar-refractivity contribution < 1.29 is 9.53 Å². The van der Waals surface area contributed by atoms with Gasteiger partial charge in [0, 0.05) is 0 Å². The summed E-state index contributed by atoms with van der Waals surface area (Å²) in [5.41, 5.74) is 4.71. The largest absolute Gasteiger partial charge is 0.496 e. The van der Waals surface area contributed by atoms with Crippen LogP contribution in [0.3, 0.4) is 0 Å². The predicted octanol–water partition coefficient (Wildman–Crippen LogP) is 2.85. The zero-order valence-electron chi connectivity index (χ0n) is 11.5. The number of amides is 1. The fourth-order valence-electron chi connectivity index (χ4n) is 1.77. The van der Waals surface area contributed by atoms with Gasteiger partial charge in [-0.05, 0) is 24.6 Å². The van der Waals surface area contributed by atoms with E-state index in [1.165, 1.54) is 7.11 Å². The number of hydrogen-bond donors (Lipinski definition) is 1. The van der Waals surface area contributed by atoms with Gasteiger partial charge in [0.15, 0.2) is 0 Å². The molecular weight excluding hydrogens is 252 g/mol. The molecular formula is C16H16N2O2. The molecule has 0 heterocycles. The number of hydrogen-bond acceptors (Lipinski definition) is 3. The highest BCUT2D eigenvalue weighted by Crippen LogP contribution is 2.16. The Balaban J connectivity index is 2.12. The fraction of sp³-hybridized carbons (Fsp3) is 0.125. The molecule has 0 saturated heterocycles. The minimum absolute atomic E-state index is 0.294. The van der Waals surface area contributed by atoms with E-state index in [0.29, 0.717) is 11.3 Å². The molecule has 2 rings (SSSR count). The molecule has 0 saturated carbocycles. The van der Waals surface area contributed by atoms with Gasteiger partial charge in [0.25, 0.3) is 5.91 Å². The van der Waals surface area contributed by atoms with Crippen LogP contribution in [-0.4, -0.2) is 18.7 Å². The molecule has 1 N–H and O–H groups in total. The van der Waals surface area contributed by atoms with E-state index in [1.54, 1.807) is 18.2 Å². The molecule has 0 atom stereocenters. The van der Waals surface area contributed by atoms with Crippen LogP contribution in [0.1, 0.15) is 22.8 Å². The van der Waals surface area contributed by atoms with Crippen LogP contribution < -0.4 is 10.2 Å². The predicted molar refractivity (Wildman–Crippen MR) is 79.1 cm³/mol. The zero-order chi connectivity index (χ0) is 14.4. The van der Waals surface area contributed by atoms with E-state index in [-0.39, 0.29) is 5.91 Å². The second-order valence-electron chi connectivity index (χ2n) is 4.20. The van der Waals surface area contributed by atoms with Crippen molar-refractivity contribution in [3.63, 3.8) is 0 Å². The van der Waals surface area contributed by atoms with Crippen LogP contribution in [0.5, 0.6) is 5.75 Å². The minimum Gasteiger partial charge on any atom is -0.496 e. The summed E-state index contributed by atoms with van der Waals surface area (Å²) in [7, 11) is 1.53. The van der Waals surface area contributed by atoms with Crippen LogP contribution in [0.4, 0.5) is 0 Å². The lowest BCUT2D eigenvalue weighted by Gasteiger charge is -2.07. The number of ether oxygens (including phenoxy) is 1. The van der Waals surface area contributed by atoms with Gasteiger partial charge in [0.1, 0.15) is 5.75 Å². The van der Waals surface area contributed by atoms with Gasteiger partial charge in [-0.3, -0.25) is 4.79 Å². The normalized spacial score (nSPS) is 11.0. The summed E-state index contributed by atoms with van der Waals surface area (Å²) in [6.07, 6.45) is 0. The number of para-hydroxylation sites is 1. The molecule has 0 fully saturated rings. The van der Waals surface area contributed by atoms with Crippen LogP contribution in [0.25, 0.3) is 0 Å². The maximum atomic E-state index is 12.1. The van der Waals surface area contributed by atoms with Crippen molar-refractivity contribution in [2.24, 2.45) is 5.10 Å². The third-order valence-corrected chi connectivity index (χ3v) is 2.87. The third-order valence-electron chi connectivity index (χ3n) is 2.87. The summed E-state index contributed by atoms with van der Waals surface area (Å²) in [4.78, 5) is 12.1. The molecule has 1 amide bonds. The van der Waals surface area contributed by atoms with Crippen molar-refractivity contribution >= 4 is 11.6 Å². The van der Waals surface area contributed by atoms with Crippen LogP contribution in [0, 0.1) is 0 Å². The molecule has 0 aliphatic rings. The Kier molecular flexibility index (Phi) is 4.50. The summed E-state index contributed by atoms with van der Waals surface area (Å²) in [6.45, 7) is 1.85. The molecule has 0 aromatic heterocycles. The van der Waals surface area contributed by atoms with Gasteiger partial charge in [0.2, 0.25) is 0 Å². The lowest BCUT2D eigenvalue weighted by molar-refractivity contribution is 0.0952. The van der Waals surface area contributed by atoms with Crippen molar-refractivity contribution in [2.45, 2.75) is 6.92 Å². The van der Waals surface area contributed by atoms with Gasteiger partial charge < -0.3 is 4.74 Å². The number of hydrazone groups is 1. The van der Waals surface area contributed by atoms with E-state index in [4.69, 9.17) is 4.74 Å². The quantitative estimate of drug-likeness (QED) is 0.684. The number of carbonyl (C=O) groups excluding carboxylic acids is 1. The first-order chi connectivity index (χ1) is 9.72. The Hall–Kier alpha value is -2.62. The van der Waals surface area contributed by atoms with E-state index in [1.807, 2.05) is 43.3 Å². The van der Waals surface area contributed by atoms with Crippen molar-refractivity contribution in [3.05, 3.63) is 65.7 Å². The maximum absolute atomic E-state index is 12.1. The Morgan fingerprint density at radius 1 is 1.05 bits per heavy atom. The van der Waals surface area contributed by atoms with Crippen molar-refractivity contribution in [1.82, 2.24) is 5.43 Å². The minimum atomic E-state index is -0.294. The Bertz CT molecular complexity index is 621. The molecule has 102 valence electrons. The molecule has 0 aliphatic carbocycles. The first kappa shape index (κ1) is 13.8. The molecule has 4 nitrogen and oxygen atoms in total. The third kappa shape index (κ3) is 3.23. The van der Waals surface area contributed by atoms with Gasteiger partial charge in [0.05, 0.1) is 18.4 Å². The second kappa shape index (κ2) is 6.52. The number of rotatable bonds is 4. The van der Waals surface area contributed by atoms with Crippen LogP contribution >= 0.6 is 0 Å². The molecule has 20 heavy (non-hydrogen) atoms. The topological polar surface area (TPSA) is 50.7 Å². The number of methoxy groups -OCH3 is 1. The van der Waals surface area contributed by atoms with Gasteiger partial charge in [-0.15, -0.1) is 0 Å². The standard InChI is InChI=1S/C16H16N2O2/c1-12(13-8-4-3-5-9-13)17-18-16(19)14-10-6-7-11-15(14)20-2/h3-11H,1-2H3,(H,18,19)/b17-12+. The van der Waals surface area contributed by atoms with E-state index in [2.05, 4.69) is 10.5 Å². The van der Waals surface area contributed by atoms with Gasteiger partial charge in [-0.2, -0.15) is 5.10 Å². The summed E-state index contributed by atoms with van der Waals surface area (Å²) in [5.74, 6) is 0.232. The van der Waals surface area contributed by atoms with Crippen LogP contribution in [0.15, 0.2) is 59.7 Å². The fourth-order valence-corrected chi connectivity index (χ4v) is 1.77. The molecule has 2 aromatic carbocycles. The first-order valence-corrected chi connectivity index (χ1v) is 6.25. The maximum Gasteiger partial charge on any atom is 0.275 e. The van der Waals surface area contributed by atoms with E-state index < -0.39 is 0 Å². The number of nitrogens with zero attached hydrogens (tertiary/aromatic N) is 1. The number of nitrogens with one attached hydrogen (secondary N) is 1. The van der Waals surface area contributed by atoms with Crippen LogP contribution in [-0.2, 0) is 0 Å². The van der Waals surface area contributed by atoms with E-state index >= 15 is 0 Å². The first-order valence-electron chi connectivity index (χ1n) is 6.25. The highest BCUT2D eigenvalue weighted by molar-refractivity contribution is 6.01. The Morgan fingerprint density at radius 3 is 2.40 bits per heavy atom. The SMILES string of the molecule is COc1ccccc1C(=O)N/N=C(\C)c1ccccc1. The van der Waals surface area contributed by atoms with E-state index in [0.717, 1.165) is 11.3 Å². The summed E-state index contributed by atoms with van der Waals surface area (Å²) >= 11 is 0. The highest BCUT2D eigenvalue weighted by Gasteiger charge is 2.10. The van der Waals surface area contributed by atoms with E-state index in [9.17, 15) is 4.79 Å². The zero-order valence-corrected chi connectivity index (χ0v) is 11.5. The van der Waals surface area contributed by atoms with Crippen molar-refractivity contribution in [2.75, 3.05) is 7.11 Å². The van der Waals surface area contributed by atoms with Gasteiger partial charge >= 0.3 is 0 Å². The summed E-state index contributed by atoms with van der Waals surface area (Å²) in [6, 6.07) is 16.7. The molecule has 2 aromatic rings. The molecule has 0 aliphatic heterocycles. The highest BCUT2D eigenvalue weighted by atomic mass is 16.5. The Labute approximate surface area is 118 Å². The summed E-state index contributed by atoms with van der Waals surface area (Å²) < 4.78 is 5.15. The molecule has 4 heteroatoms. The number of carbonyl (C=O) groups is 1. The van der Waals surface area contributed by atoms with Crippen LogP contribution in [0.2, 0.25) is 0 Å². The van der Waals surface area contributed by atoms with Gasteiger partial charge in [-0.1, -0.05) is 42.5 Å². The monoisotopic (exact) mass is 268 g/mol. The smallest absolute Gasteiger partial charge is 0.275 e. The molecule has 0 bridgehead atoms. The lowest BCUT2D eigenvalue weighted by Crippen LogP contribution is -2.20. The lowest BCUT2D eigenvalue weighted by atomic mass is 10.1. The number of benzene rings is 2. The van der Waals surface area contributed by atoms with Crippen molar-refractivity contribution in [1.29, 1.82) is 0 Å². The molecule has 0 spiro atoms. The molecule has 0 radical (unpaired) electrons.